The fourth-order valence-corrected chi connectivity index (χ4v) is 4.03. The number of piperidine rings is 1. The molecule has 2 nitrogen and oxygen atoms in total. The van der Waals surface area contributed by atoms with Crippen molar-refractivity contribution in [2.45, 2.75) is 57.2 Å². The van der Waals surface area contributed by atoms with E-state index in [2.05, 4.69) is 29.2 Å². The van der Waals surface area contributed by atoms with Gasteiger partial charge in [0.05, 0.1) is 11.6 Å². The van der Waals surface area contributed by atoms with E-state index in [0.717, 1.165) is 30.1 Å². The van der Waals surface area contributed by atoms with E-state index in [1.165, 1.54) is 44.1 Å². The topological polar surface area (TPSA) is 27.0 Å². The lowest BCUT2D eigenvalue weighted by atomic mass is 9.95. The second kappa shape index (κ2) is 5.31. The molecule has 3 fully saturated rings. The average molecular weight is 278 g/mol. The van der Waals surface area contributed by atoms with Gasteiger partial charge in [-0.2, -0.15) is 5.26 Å². The van der Waals surface area contributed by atoms with Gasteiger partial charge in [-0.15, -0.1) is 0 Å². The summed E-state index contributed by atoms with van der Waals surface area (Å²) < 4.78 is 0. The van der Waals surface area contributed by atoms with Crippen LogP contribution in [0.3, 0.4) is 0 Å². The zero-order valence-corrected chi connectivity index (χ0v) is 12.5. The minimum absolute atomic E-state index is 0.754. The summed E-state index contributed by atoms with van der Waals surface area (Å²) in [5.41, 5.74) is 3.84. The summed E-state index contributed by atoms with van der Waals surface area (Å²) >= 11 is 0. The minimum Gasteiger partial charge on any atom is -0.293 e. The van der Waals surface area contributed by atoms with Gasteiger partial charge in [-0.3, -0.25) is 4.90 Å². The van der Waals surface area contributed by atoms with Gasteiger partial charge in [-0.25, -0.2) is 0 Å². The summed E-state index contributed by atoms with van der Waals surface area (Å²) in [7, 11) is 0. The molecule has 2 atom stereocenters. The Hall–Kier alpha value is -1.59. The number of hydrogen-bond donors (Lipinski definition) is 0. The van der Waals surface area contributed by atoms with Crippen molar-refractivity contribution in [3.05, 3.63) is 47.0 Å². The zero-order valence-electron chi connectivity index (χ0n) is 12.5. The number of allylic oxidation sites excluding steroid dienone is 1. The van der Waals surface area contributed by atoms with E-state index >= 15 is 0 Å². The molecule has 2 aliphatic heterocycles. The minimum atomic E-state index is 0.754. The first-order valence-corrected chi connectivity index (χ1v) is 8.26. The highest BCUT2D eigenvalue weighted by atomic mass is 15.2. The van der Waals surface area contributed by atoms with Crippen LogP contribution in [0.15, 0.2) is 35.9 Å². The Bertz CT molecular complexity index is 573. The highest BCUT2D eigenvalue weighted by molar-refractivity contribution is 5.32. The Kier molecular flexibility index (Phi) is 3.31. The zero-order chi connectivity index (χ0) is 14.2. The van der Waals surface area contributed by atoms with Crippen molar-refractivity contribution in [2.75, 3.05) is 0 Å². The van der Waals surface area contributed by atoms with Gasteiger partial charge in [0, 0.05) is 18.6 Å². The van der Waals surface area contributed by atoms with Crippen molar-refractivity contribution in [2.24, 2.45) is 5.92 Å². The van der Waals surface area contributed by atoms with Crippen LogP contribution in [0, 0.1) is 17.2 Å². The van der Waals surface area contributed by atoms with Crippen LogP contribution in [0.2, 0.25) is 0 Å². The van der Waals surface area contributed by atoms with Gasteiger partial charge < -0.3 is 0 Å². The molecule has 2 heterocycles. The predicted octanol–water partition coefficient (Wildman–Crippen LogP) is 4.02. The van der Waals surface area contributed by atoms with E-state index in [9.17, 15) is 0 Å². The second-order valence-corrected chi connectivity index (χ2v) is 6.94. The van der Waals surface area contributed by atoms with Crippen molar-refractivity contribution >= 4 is 0 Å². The third kappa shape index (κ3) is 2.76. The summed E-state index contributed by atoms with van der Waals surface area (Å²) in [4.78, 5) is 2.71. The highest BCUT2D eigenvalue weighted by Gasteiger charge is 2.38. The molecule has 2 saturated heterocycles. The SMILES string of the molecule is N#Cc1ccc(CN2C3CCC2CC(=CC2CC2)C3)cc1. The number of nitriles is 1. The molecule has 2 bridgehead atoms. The molecule has 0 amide bonds. The van der Waals surface area contributed by atoms with Crippen molar-refractivity contribution < 1.29 is 0 Å². The first kappa shape index (κ1) is 13.1. The molecule has 0 aromatic heterocycles. The molecule has 1 aromatic rings. The van der Waals surface area contributed by atoms with Crippen LogP contribution in [-0.2, 0) is 6.54 Å². The van der Waals surface area contributed by atoms with E-state index in [-0.39, 0.29) is 0 Å². The monoisotopic (exact) mass is 278 g/mol. The van der Waals surface area contributed by atoms with Crippen molar-refractivity contribution in [3.63, 3.8) is 0 Å². The van der Waals surface area contributed by atoms with Crippen LogP contribution >= 0.6 is 0 Å². The molecular formula is C19H22N2. The molecule has 0 N–H and O–H groups in total. The standard InChI is InChI=1S/C19H22N2/c20-12-15-3-5-16(6-4-15)13-21-18-7-8-19(21)11-17(10-18)9-14-1-2-14/h3-6,9,14,18-19H,1-2,7-8,10-11,13H2. The maximum absolute atomic E-state index is 8.88. The van der Waals surface area contributed by atoms with Crippen LogP contribution in [0.1, 0.15) is 49.7 Å². The maximum Gasteiger partial charge on any atom is 0.0991 e. The van der Waals surface area contributed by atoms with Gasteiger partial charge in [0.1, 0.15) is 0 Å². The van der Waals surface area contributed by atoms with Crippen LogP contribution in [0.4, 0.5) is 0 Å². The summed E-state index contributed by atoms with van der Waals surface area (Å²) in [5, 5.41) is 8.88. The summed E-state index contributed by atoms with van der Waals surface area (Å²) in [6.45, 7) is 1.05. The number of benzene rings is 1. The fraction of sp³-hybridized carbons (Fsp3) is 0.526. The molecule has 2 unspecified atom stereocenters. The summed E-state index contributed by atoms with van der Waals surface area (Å²) in [6, 6.07) is 11.8. The smallest absolute Gasteiger partial charge is 0.0991 e. The number of rotatable bonds is 3. The second-order valence-electron chi connectivity index (χ2n) is 6.94. The first-order chi connectivity index (χ1) is 10.3. The molecule has 21 heavy (non-hydrogen) atoms. The molecule has 108 valence electrons. The van der Waals surface area contributed by atoms with Gasteiger partial charge >= 0.3 is 0 Å². The largest absolute Gasteiger partial charge is 0.293 e. The van der Waals surface area contributed by atoms with Crippen molar-refractivity contribution in [3.8, 4) is 6.07 Å². The van der Waals surface area contributed by atoms with E-state index in [4.69, 9.17) is 5.26 Å². The fourth-order valence-electron chi connectivity index (χ4n) is 4.03. The van der Waals surface area contributed by atoms with E-state index in [1.807, 2.05) is 12.1 Å². The van der Waals surface area contributed by atoms with Crippen molar-refractivity contribution in [1.29, 1.82) is 5.26 Å². The lowest BCUT2D eigenvalue weighted by molar-refractivity contribution is 0.157. The Balaban J connectivity index is 1.45. The molecule has 1 aliphatic carbocycles. The molecule has 3 aliphatic rings. The van der Waals surface area contributed by atoms with Gasteiger partial charge in [0.15, 0.2) is 0 Å². The highest BCUT2D eigenvalue weighted by Crippen LogP contribution is 2.41. The van der Waals surface area contributed by atoms with Crippen molar-refractivity contribution in [1.82, 2.24) is 4.90 Å². The molecule has 1 saturated carbocycles. The van der Waals surface area contributed by atoms with Crippen LogP contribution in [-0.4, -0.2) is 17.0 Å². The molecule has 0 spiro atoms. The quantitative estimate of drug-likeness (QED) is 0.781. The van der Waals surface area contributed by atoms with Gasteiger partial charge in [0.25, 0.3) is 0 Å². The summed E-state index contributed by atoms with van der Waals surface area (Å²) in [6.07, 6.45) is 10.8. The lowest BCUT2D eigenvalue weighted by Gasteiger charge is -2.36. The summed E-state index contributed by atoms with van der Waals surface area (Å²) in [5.74, 6) is 0.921. The van der Waals surface area contributed by atoms with Gasteiger partial charge in [-0.1, -0.05) is 23.8 Å². The van der Waals surface area contributed by atoms with E-state index in [0.29, 0.717) is 0 Å². The van der Waals surface area contributed by atoms with Crippen LogP contribution < -0.4 is 0 Å². The normalized spacial score (nSPS) is 28.4. The molecule has 0 radical (unpaired) electrons. The number of nitrogens with zero attached hydrogens (tertiary/aromatic N) is 2. The van der Waals surface area contributed by atoms with E-state index < -0.39 is 0 Å². The van der Waals surface area contributed by atoms with Gasteiger partial charge in [-0.05, 0) is 62.1 Å². The van der Waals surface area contributed by atoms with Crippen LogP contribution in [0.25, 0.3) is 0 Å². The Morgan fingerprint density at radius 3 is 2.29 bits per heavy atom. The number of hydrogen-bond acceptors (Lipinski definition) is 2. The molecule has 2 heteroatoms. The Morgan fingerprint density at radius 1 is 1.05 bits per heavy atom. The first-order valence-electron chi connectivity index (χ1n) is 8.26. The maximum atomic E-state index is 8.88. The lowest BCUT2D eigenvalue weighted by Crippen LogP contribution is -2.39. The molecule has 4 rings (SSSR count). The third-order valence-corrected chi connectivity index (χ3v) is 5.31. The molecule has 1 aromatic carbocycles. The molecular weight excluding hydrogens is 256 g/mol. The average Bonchev–Trinajstić information content (AvgIpc) is 3.28. The Labute approximate surface area is 127 Å². The Morgan fingerprint density at radius 2 is 1.71 bits per heavy atom. The predicted molar refractivity (Wildman–Crippen MR) is 83.6 cm³/mol. The third-order valence-electron chi connectivity index (χ3n) is 5.31. The van der Waals surface area contributed by atoms with Gasteiger partial charge in [0.2, 0.25) is 0 Å². The van der Waals surface area contributed by atoms with Crippen LogP contribution in [0.5, 0.6) is 0 Å². The van der Waals surface area contributed by atoms with E-state index in [1.54, 1.807) is 5.57 Å². The number of fused-ring (bicyclic) bond motifs is 2.